The minimum Gasteiger partial charge on any atom is -0.477 e. The van der Waals surface area contributed by atoms with Crippen molar-refractivity contribution in [1.82, 2.24) is 25.7 Å². The van der Waals surface area contributed by atoms with Crippen molar-refractivity contribution in [2.45, 2.75) is 71.4 Å². The molecule has 2 unspecified atom stereocenters. The summed E-state index contributed by atoms with van der Waals surface area (Å²) in [6, 6.07) is 0.0434. The van der Waals surface area contributed by atoms with Crippen molar-refractivity contribution in [2.24, 2.45) is 29.1 Å². The van der Waals surface area contributed by atoms with Crippen LogP contribution in [0.3, 0.4) is 0 Å². The zero-order chi connectivity index (χ0) is 27.0. The number of rotatable bonds is 9. The van der Waals surface area contributed by atoms with Crippen molar-refractivity contribution in [2.75, 3.05) is 20.8 Å². The number of nitrogens with zero attached hydrogens (tertiary/aromatic N) is 2. The van der Waals surface area contributed by atoms with Gasteiger partial charge < -0.3 is 25.4 Å². The van der Waals surface area contributed by atoms with E-state index in [2.05, 4.69) is 21.0 Å². The van der Waals surface area contributed by atoms with Gasteiger partial charge in [-0.2, -0.15) is 5.10 Å². The number of nitrogens with one attached hydrogen (secondary N) is 3. The number of amides is 3. The van der Waals surface area contributed by atoms with Gasteiger partial charge in [-0.1, -0.05) is 13.8 Å². The predicted molar refractivity (Wildman–Crippen MR) is 139 cm³/mol. The van der Waals surface area contributed by atoms with Crippen LogP contribution in [0.5, 0.6) is 5.88 Å². The Hall–Kier alpha value is -3.04. The number of ether oxygens (including phenoxy) is 2. The maximum atomic E-state index is 13.5. The summed E-state index contributed by atoms with van der Waals surface area (Å²) in [5.41, 5.74) is -0.616. The van der Waals surface area contributed by atoms with Crippen molar-refractivity contribution in [3.8, 4) is 5.88 Å². The van der Waals surface area contributed by atoms with Gasteiger partial charge in [-0.3, -0.25) is 9.59 Å². The number of alkyl carbamates (subject to hydrolysis) is 1. The van der Waals surface area contributed by atoms with Crippen LogP contribution in [0.25, 0.3) is 6.20 Å². The Bertz CT molecular complexity index is 1050. The van der Waals surface area contributed by atoms with Crippen molar-refractivity contribution in [3.63, 3.8) is 0 Å². The number of aromatic nitrogens is 2. The lowest BCUT2D eigenvalue weighted by Gasteiger charge is -2.59. The second-order valence-electron chi connectivity index (χ2n) is 12.0. The first-order valence-electron chi connectivity index (χ1n) is 13.3. The summed E-state index contributed by atoms with van der Waals surface area (Å²) in [5, 5.41) is 13.3. The molecule has 1 aromatic heterocycles. The molecule has 0 spiro atoms. The normalized spacial score (nSPS) is 28.4. The quantitative estimate of drug-likeness (QED) is 0.464. The van der Waals surface area contributed by atoms with Gasteiger partial charge in [0.2, 0.25) is 11.8 Å². The fourth-order valence-electron chi connectivity index (χ4n) is 6.65. The zero-order valence-electron chi connectivity index (χ0n) is 22.8. The highest BCUT2D eigenvalue weighted by Gasteiger charge is 2.58. The van der Waals surface area contributed by atoms with Gasteiger partial charge in [0, 0.05) is 19.3 Å². The van der Waals surface area contributed by atoms with Crippen LogP contribution < -0.4 is 20.7 Å². The fourth-order valence-corrected chi connectivity index (χ4v) is 6.65. The lowest BCUT2D eigenvalue weighted by atomic mass is 9.47. The van der Waals surface area contributed by atoms with Gasteiger partial charge in [0.15, 0.2) is 0 Å². The number of hydrogen-bond acceptors (Lipinski definition) is 6. The standard InChI is InChI=1S/C27H41N5O5/c1-16(2)15-37-23-20(14-29-32(23)8-7-26(3,4)31-25(35)36-6)22(33)30-21-18-9-17-10-19(21)13-27(11-17,12-18)24(34)28-5/h7-8,14,16-19,21H,9-13,15H2,1-6H3,(H,28,34)(H,30,33)(H,31,35)/b8-7+/t17?,18?,19?,21-,27-. The van der Waals surface area contributed by atoms with Gasteiger partial charge in [0.05, 0.1) is 30.9 Å². The Labute approximate surface area is 218 Å². The number of methoxy groups -OCH3 is 1. The first-order valence-corrected chi connectivity index (χ1v) is 13.3. The van der Waals surface area contributed by atoms with Crippen molar-refractivity contribution < 1.29 is 23.9 Å². The Morgan fingerprint density at radius 2 is 1.89 bits per heavy atom. The van der Waals surface area contributed by atoms with E-state index in [9.17, 15) is 14.4 Å². The van der Waals surface area contributed by atoms with E-state index in [0.29, 0.717) is 35.8 Å². The largest absolute Gasteiger partial charge is 0.477 e. The molecule has 10 heteroatoms. The van der Waals surface area contributed by atoms with Crippen molar-refractivity contribution in [3.05, 3.63) is 17.8 Å². The van der Waals surface area contributed by atoms with Crippen molar-refractivity contribution >= 4 is 24.1 Å². The molecule has 0 aliphatic heterocycles. The van der Waals surface area contributed by atoms with Gasteiger partial charge in [0.1, 0.15) is 5.56 Å². The van der Waals surface area contributed by atoms with E-state index in [-0.39, 0.29) is 29.2 Å². The zero-order valence-corrected chi connectivity index (χ0v) is 22.8. The third-order valence-electron chi connectivity index (χ3n) is 8.07. The lowest BCUT2D eigenvalue weighted by molar-refractivity contribution is -0.148. The van der Waals surface area contributed by atoms with E-state index in [0.717, 1.165) is 32.1 Å². The molecule has 1 heterocycles. The highest BCUT2D eigenvalue weighted by atomic mass is 16.5. The van der Waals surface area contributed by atoms with E-state index in [1.807, 2.05) is 27.7 Å². The molecule has 0 aromatic carbocycles. The van der Waals surface area contributed by atoms with Gasteiger partial charge in [0.25, 0.3) is 5.91 Å². The summed E-state index contributed by atoms with van der Waals surface area (Å²) >= 11 is 0. The third kappa shape index (κ3) is 5.62. The van der Waals surface area contributed by atoms with Crippen LogP contribution in [-0.2, 0) is 9.53 Å². The second-order valence-corrected chi connectivity index (χ2v) is 12.0. The fraction of sp³-hybridized carbons (Fsp3) is 0.704. The molecule has 5 rings (SSSR count). The van der Waals surface area contributed by atoms with Gasteiger partial charge >= 0.3 is 6.09 Å². The highest BCUT2D eigenvalue weighted by Crippen LogP contribution is 2.60. The maximum absolute atomic E-state index is 13.5. The summed E-state index contributed by atoms with van der Waals surface area (Å²) in [7, 11) is 3.03. The SMILES string of the molecule is CNC(=O)[C@]12CC3CC(C1)[C@@H](NC(=O)c1cnn(/C=C/C(C)(C)NC(=O)OC)c1OCC(C)C)C(C3)C2. The van der Waals surface area contributed by atoms with E-state index in [4.69, 9.17) is 9.47 Å². The van der Waals surface area contributed by atoms with Gasteiger partial charge in [-0.25, -0.2) is 9.48 Å². The van der Waals surface area contributed by atoms with E-state index in [1.54, 1.807) is 19.3 Å². The second kappa shape index (κ2) is 10.4. The monoisotopic (exact) mass is 515 g/mol. The van der Waals surface area contributed by atoms with Crippen LogP contribution in [0.2, 0.25) is 0 Å². The molecule has 0 saturated heterocycles. The Morgan fingerprint density at radius 1 is 1.22 bits per heavy atom. The summed E-state index contributed by atoms with van der Waals surface area (Å²) in [6.45, 7) is 8.15. The van der Waals surface area contributed by atoms with Crippen molar-refractivity contribution in [1.29, 1.82) is 0 Å². The first kappa shape index (κ1) is 27.0. The van der Waals surface area contributed by atoms with Crippen LogP contribution in [0, 0.1) is 29.1 Å². The molecule has 4 aliphatic carbocycles. The van der Waals surface area contributed by atoms with Crippen LogP contribution in [0.15, 0.2) is 12.3 Å². The maximum Gasteiger partial charge on any atom is 0.407 e. The third-order valence-corrected chi connectivity index (χ3v) is 8.07. The van der Waals surface area contributed by atoms with Crippen LogP contribution in [0.1, 0.15) is 70.2 Å². The molecule has 10 nitrogen and oxygen atoms in total. The summed E-state index contributed by atoms with van der Waals surface area (Å²) in [6.07, 6.45) is 9.15. The van der Waals surface area contributed by atoms with Crippen LogP contribution in [-0.4, -0.2) is 60.0 Å². The van der Waals surface area contributed by atoms with Crippen LogP contribution in [0.4, 0.5) is 4.79 Å². The molecule has 4 aliphatic rings. The van der Waals surface area contributed by atoms with E-state index < -0.39 is 11.6 Å². The summed E-state index contributed by atoms with van der Waals surface area (Å²) in [4.78, 5) is 37.9. The average molecular weight is 516 g/mol. The van der Waals surface area contributed by atoms with Gasteiger partial charge in [-0.15, -0.1) is 0 Å². The molecule has 37 heavy (non-hydrogen) atoms. The molecule has 1 aromatic rings. The van der Waals surface area contributed by atoms with E-state index >= 15 is 0 Å². The number of carbonyl (C=O) groups excluding carboxylic acids is 3. The molecule has 2 atom stereocenters. The van der Waals surface area contributed by atoms with E-state index in [1.165, 1.54) is 18.0 Å². The van der Waals surface area contributed by atoms with Gasteiger partial charge in [-0.05, 0) is 75.7 Å². The molecule has 0 radical (unpaired) electrons. The number of carbonyl (C=O) groups is 3. The minimum atomic E-state index is -0.710. The molecule has 204 valence electrons. The Morgan fingerprint density at radius 3 is 2.49 bits per heavy atom. The first-order chi connectivity index (χ1) is 17.5. The smallest absolute Gasteiger partial charge is 0.407 e. The minimum absolute atomic E-state index is 0.0434. The molecular formula is C27H41N5O5. The average Bonchev–Trinajstić information content (AvgIpc) is 3.25. The molecule has 4 saturated carbocycles. The topological polar surface area (TPSA) is 124 Å². The Kier molecular flexibility index (Phi) is 7.57. The lowest BCUT2D eigenvalue weighted by Crippen LogP contribution is -2.62. The molecular weight excluding hydrogens is 474 g/mol. The highest BCUT2D eigenvalue weighted by molar-refractivity contribution is 5.96. The summed E-state index contributed by atoms with van der Waals surface area (Å²) in [5.74, 6) is 1.71. The van der Waals surface area contributed by atoms with Crippen LogP contribution >= 0.6 is 0 Å². The predicted octanol–water partition coefficient (Wildman–Crippen LogP) is 3.19. The summed E-state index contributed by atoms with van der Waals surface area (Å²) < 4.78 is 12.3. The molecule has 4 fully saturated rings. The molecule has 3 amide bonds. The molecule has 3 N–H and O–H groups in total. The number of hydrogen-bond donors (Lipinski definition) is 3. The molecule has 4 bridgehead atoms. The Balaban J connectivity index is 1.52.